The van der Waals surface area contributed by atoms with Crippen molar-refractivity contribution in [3.63, 3.8) is 0 Å². The van der Waals surface area contributed by atoms with Crippen molar-refractivity contribution >= 4 is 17.3 Å². The summed E-state index contributed by atoms with van der Waals surface area (Å²) in [5.41, 5.74) is 0. The van der Waals surface area contributed by atoms with E-state index in [0.29, 0.717) is 6.04 Å². The van der Waals surface area contributed by atoms with E-state index in [1.54, 1.807) is 0 Å². The first-order valence-corrected chi connectivity index (χ1v) is 6.86. The maximum absolute atomic E-state index is 5.26. The Morgan fingerprint density at radius 3 is 2.75 bits per heavy atom. The number of hydrogen-bond acceptors (Lipinski definition) is 2. The summed E-state index contributed by atoms with van der Waals surface area (Å²) in [6, 6.07) is 0.598. The molecule has 1 saturated carbocycles. The van der Waals surface area contributed by atoms with Crippen molar-refractivity contribution in [2.24, 2.45) is 0 Å². The first kappa shape index (κ1) is 13.7. The summed E-state index contributed by atoms with van der Waals surface area (Å²) < 4.78 is 5.26. The minimum absolute atomic E-state index is 0.598. The van der Waals surface area contributed by atoms with Gasteiger partial charge in [-0.05, 0) is 38.4 Å². The normalized spacial score (nSPS) is 17.1. The van der Waals surface area contributed by atoms with Crippen LogP contribution in [-0.2, 0) is 4.74 Å². The molecule has 2 N–H and O–H groups in total. The predicted octanol–water partition coefficient (Wildman–Crippen LogP) is 2.21. The van der Waals surface area contributed by atoms with Crippen LogP contribution in [-0.4, -0.2) is 30.9 Å². The largest absolute Gasteiger partial charge is 0.382 e. The molecule has 1 aliphatic rings. The third-order valence-electron chi connectivity index (χ3n) is 2.90. The molecule has 4 heteroatoms. The van der Waals surface area contributed by atoms with Crippen LogP contribution >= 0.6 is 12.2 Å². The average Bonchev–Trinajstić information content (AvgIpc) is 2.30. The highest BCUT2D eigenvalue weighted by Crippen LogP contribution is 2.17. The lowest BCUT2D eigenvalue weighted by atomic mass is 9.96. The Morgan fingerprint density at radius 1 is 1.31 bits per heavy atom. The van der Waals surface area contributed by atoms with Gasteiger partial charge in [0.25, 0.3) is 0 Å². The highest BCUT2D eigenvalue weighted by Gasteiger charge is 2.13. The fraction of sp³-hybridized carbons (Fsp3) is 0.917. The zero-order valence-electron chi connectivity index (χ0n) is 10.3. The summed E-state index contributed by atoms with van der Waals surface area (Å²) in [5, 5.41) is 7.43. The van der Waals surface area contributed by atoms with E-state index in [9.17, 15) is 0 Å². The van der Waals surface area contributed by atoms with Crippen LogP contribution in [0, 0.1) is 0 Å². The van der Waals surface area contributed by atoms with Gasteiger partial charge in [-0.1, -0.05) is 19.3 Å². The topological polar surface area (TPSA) is 33.3 Å². The smallest absolute Gasteiger partial charge is 0.166 e. The number of hydrogen-bond donors (Lipinski definition) is 2. The van der Waals surface area contributed by atoms with Crippen LogP contribution < -0.4 is 10.6 Å². The molecule has 0 heterocycles. The number of ether oxygens (including phenoxy) is 1. The molecule has 0 aromatic heterocycles. The van der Waals surface area contributed by atoms with Crippen LogP contribution in [0.2, 0.25) is 0 Å². The average molecular weight is 244 g/mol. The zero-order valence-corrected chi connectivity index (χ0v) is 11.1. The Morgan fingerprint density at radius 2 is 2.06 bits per heavy atom. The second kappa shape index (κ2) is 8.76. The maximum atomic E-state index is 5.26. The van der Waals surface area contributed by atoms with E-state index in [1.807, 2.05) is 6.92 Å². The van der Waals surface area contributed by atoms with Gasteiger partial charge < -0.3 is 15.4 Å². The summed E-state index contributed by atoms with van der Waals surface area (Å²) in [4.78, 5) is 0. The summed E-state index contributed by atoms with van der Waals surface area (Å²) >= 11 is 5.25. The SMILES string of the molecule is CCOCCCNC(=S)NC1CCCCC1. The zero-order chi connectivity index (χ0) is 11.6. The van der Waals surface area contributed by atoms with Crippen molar-refractivity contribution in [1.82, 2.24) is 10.6 Å². The van der Waals surface area contributed by atoms with E-state index in [2.05, 4.69) is 10.6 Å². The number of thiocarbonyl (C=S) groups is 1. The fourth-order valence-corrected chi connectivity index (χ4v) is 2.27. The van der Waals surface area contributed by atoms with Crippen LogP contribution in [0.3, 0.4) is 0 Å². The summed E-state index contributed by atoms with van der Waals surface area (Å²) in [5.74, 6) is 0. The van der Waals surface area contributed by atoms with Crippen LogP contribution in [0.1, 0.15) is 45.4 Å². The Bertz CT molecular complexity index is 193. The lowest BCUT2D eigenvalue weighted by molar-refractivity contribution is 0.145. The van der Waals surface area contributed by atoms with Crippen LogP contribution in [0.15, 0.2) is 0 Å². The minimum atomic E-state index is 0.598. The van der Waals surface area contributed by atoms with Crippen LogP contribution in [0.25, 0.3) is 0 Å². The molecule has 0 unspecified atom stereocenters. The van der Waals surface area contributed by atoms with Crippen molar-refractivity contribution in [2.75, 3.05) is 19.8 Å². The molecular weight excluding hydrogens is 220 g/mol. The third-order valence-corrected chi connectivity index (χ3v) is 3.16. The van der Waals surface area contributed by atoms with E-state index >= 15 is 0 Å². The molecule has 0 radical (unpaired) electrons. The number of rotatable bonds is 6. The Labute approximate surface area is 104 Å². The van der Waals surface area contributed by atoms with Crippen molar-refractivity contribution in [3.05, 3.63) is 0 Å². The van der Waals surface area contributed by atoms with Gasteiger partial charge in [0.15, 0.2) is 5.11 Å². The van der Waals surface area contributed by atoms with Crippen LogP contribution in [0.5, 0.6) is 0 Å². The molecule has 0 aromatic rings. The van der Waals surface area contributed by atoms with Gasteiger partial charge in [-0.2, -0.15) is 0 Å². The van der Waals surface area contributed by atoms with E-state index in [1.165, 1.54) is 32.1 Å². The molecule has 0 saturated heterocycles. The quantitative estimate of drug-likeness (QED) is 0.554. The standard InChI is InChI=1S/C12H24N2OS/c1-2-15-10-6-9-13-12(16)14-11-7-4-3-5-8-11/h11H,2-10H2,1H3,(H2,13,14,16). The van der Waals surface area contributed by atoms with Gasteiger partial charge in [0.2, 0.25) is 0 Å². The Balaban J connectivity index is 1.97. The van der Waals surface area contributed by atoms with E-state index < -0.39 is 0 Å². The monoisotopic (exact) mass is 244 g/mol. The third kappa shape index (κ3) is 6.28. The summed E-state index contributed by atoms with van der Waals surface area (Å²) in [7, 11) is 0. The van der Waals surface area contributed by atoms with Gasteiger partial charge in [0, 0.05) is 25.8 Å². The van der Waals surface area contributed by atoms with Gasteiger partial charge in [-0.15, -0.1) is 0 Å². The lowest BCUT2D eigenvalue weighted by Gasteiger charge is -2.24. The molecule has 1 aliphatic carbocycles. The van der Waals surface area contributed by atoms with Crippen molar-refractivity contribution in [2.45, 2.75) is 51.5 Å². The molecule has 0 amide bonds. The van der Waals surface area contributed by atoms with Gasteiger partial charge in [-0.25, -0.2) is 0 Å². The van der Waals surface area contributed by atoms with Gasteiger partial charge in [0.05, 0.1) is 0 Å². The lowest BCUT2D eigenvalue weighted by Crippen LogP contribution is -2.43. The van der Waals surface area contributed by atoms with Crippen molar-refractivity contribution in [1.29, 1.82) is 0 Å². The molecule has 0 bridgehead atoms. The van der Waals surface area contributed by atoms with Crippen LogP contribution in [0.4, 0.5) is 0 Å². The van der Waals surface area contributed by atoms with Gasteiger partial charge in [0.1, 0.15) is 0 Å². The van der Waals surface area contributed by atoms with Crippen molar-refractivity contribution < 1.29 is 4.74 Å². The minimum Gasteiger partial charge on any atom is -0.382 e. The van der Waals surface area contributed by atoms with E-state index in [0.717, 1.165) is 31.3 Å². The molecule has 94 valence electrons. The second-order valence-electron chi connectivity index (χ2n) is 4.29. The summed E-state index contributed by atoms with van der Waals surface area (Å²) in [6.45, 7) is 4.53. The second-order valence-corrected chi connectivity index (χ2v) is 4.69. The molecular formula is C12H24N2OS. The summed E-state index contributed by atoms with van der Waals surface area (Å²) in [6.07, 6.45) is 7.60. The van der Waals surface area contributed by atoms with E-state index in [-0.39, 0.29) is 0 Å². The first-order valence-electron chi connectivity index (χ1n) is 6.45. The molecule has 0 spiro atoms. The maximum Gasteiger partial charge on any atom is 0.166 e. The van der Waals surface area contributed by atoms with E-state index in [4.69, 9.17) is 17.0 Å². The molecule has 1 rings (SSSR count). The molecule has 3 nitrogen and oxygen atoms in total. The van der Waals surface area contributed by atoms with Gasteiger partial charge >= 0.3 is 0 Å². The number of nitrogens with one attached hydrogen (secondary N) is 2. The molecule has 0 aromatic carbocycles. The molecule has 1 fully saturated rings. The highest BCUT2D eigenvalue weighted by molar-refractivity contribution is 7.80. The molecule has 0 atom stereocenters. The fourth-order valence-electron chi connectivity index (χ4n) is 2.00. The highest BCUT2D eigenvalue weighted by atomic mass is 32.1. The first-order chi connectivity index (χ1) is 7.83. The Kier molecular flexibility index (Phi) is 7.51. The van der Waals surface area contributed by atoms with Gasteiger partial charge in [-0.3, -0.25) is 0 Å². The van der Waals surface area contributed by atoms with Crippen molar-refractivity contribution in [3.8, 4) is 0 Å². The molecule has 16 heavy (non-hydrogen) atoms. The predicted molar refractivity (Wildman–Crippen MR) is 71.7 cm³/mol. The molecule has 0 aliphatic heterocycles. The Hall–Kier alpha value is -0.350.